The van der Waals surface area contributed by atoms with Gasteiger partial charge in [0.1, 0.15) is 6.10 Å². The van der Waals surface area contributed by atoms with Crippen molar-refractivity contribution in [3.63, 3.8) is 0 Å². The number of benzene rings is 1. The van der Waals surface area contributed by atoms with Crippen LogP contribution < -0.4 is 4.74 Å². The molecule has 1 atom stereocenters. The van der Waals surface area contributed by atoms with E-state index in [-0.39, 0.29) is 12.0 Å². The van der Waals surface area contributed by atoms with Crippen LogP contribution in [0.15, 0.2) is 42.7 Å². The van der Waals surface area contributed by atoms with Crippen molar-refractivity contribution >= 4 is 5.91 Å². The van der Waals surface area contributed by atoms with Gasteiger partial charge in [-0.1, -0.05) is 17.7 Å². The van der Waals surface area contributed by atoms with Crippen LogP contribution in [-0.4, -0.2) is 40.0 Å². The van der Waals surface area contributed by atoms with E-state index in [1.165, 1.54) is 0 Å². The second-order valence-electron chi connectivity index (χ2n) is 5.18. The minimum absolute atomic E-state index is 0.0400. The number of aryl methyl sites for hydroxylation is 1. The Hall–Kier alpha value is -2.43. The van der Waals surface area contributed by atoms with Crippen molar-refractivity contribution in [1.29, 1.82) is 0 Å². The second kappa shape index (κ2) is 5.91. The van der Waals surface area contributed by atoms with Gasteiger partial charge in [0.15, 0.2) is 0 Å². The third kappa shape index (κ3) is 3.18. The average Bonchev–Trinajstić information content (AvgIpc) is 2.97. The molecule has 0 bridgehead atoms. The largest absolute Gasteiger partial charge is 0.458 e. The summed E-state index contributed by atoms with van der Waals surface area (Å²) in [6.07, 6.45) is 4.05. The Labute approximate surface area is 123 Å². The Morgan fingerprint density at radius 1 is 1.24 bits per heavy atom. The summed E-state index contributed by atoms with van der Waals surface area (Å²) in [4.78, 5) is 22.3. The monoisotopic (exact) mass is 283 g/mol. The van der Waals surface area contributed by atoms with Gasteiger partial charge in [-0.3, -0.25) is 4.79 Å². The van der Waals surface area contributed by atoms with E-state index >= 15 is 0 Å². The number of aromatic nitrogens is 2. The summed E-state index contributed by atoms with van der Waals surface area (Å²) in [5.74, 6) is 0.0510. The van der Waals surface area contributed by atoms with Crippen LogP contribution in [0.25, 0.3) is 0 Å². The number of hydrogen-bond donors (Lipinski definition) is 0. The Kier molecular flexibility index (Phi) is 3.81. The number of hydrogen-bond acceptors (Lipinski definition) is 4. The molecule has 1 aromatic carbocycles. The van der Waals surface area contributed by atoms with E-state index in [2.05, 4.69) is 9.97 Å². The number of amides is 1. The summed E-state index contributed by atoms with van der Waals surface area (Å²) >= 11 is 0. The Balaban J connectivity index is 1.61. The third-order valence-corrected chi connectivity index (χ3v) is 3.54. The highest BCUT2D eigenvalue weighted by Crippen LogP contribution is 2.17. The van der Waals surface area contributed by atoms with Crippen LogP contribution in [0.3, 0.4) is 0 Å². The second-order valence-corrected chi connectivity index (χ2v) is 5.18. The number of nitrogens with zero attached hydrogens (tertiary/aromatic N) is 3. The predicted octanol–water partition coefficient (Wildman–Crippen LogP) is 2.08. The lowest BCUT2D eigenvalue weighted by Gasteiger charge is -2.16. The first-order valence-electron chi connectivity index (χ1n) is 7.02. The zero-order valence-electron chi connectivity index (χ0n) is 11.9. The molecule has 1 aromatic heterocycles. The molecule has 1 aliphatic heterocycles. The maximum absolute atomic E-state index is 12.4. The third-order valence-electron chi connectivity index (χ3n) is 3.54. The van der Waals surface area contributed by atoms with Gasteiger partial charge >= 0.3 is 6.01 Å². The fraction of sp³-hybridized carbons (Fsp3) is 0.312. The molecule has 1 fully saturated rings. The molecular formula is C16H17N3O2. The smallest absolute Gasteiger partial charge is 0.316 e. The van der Waals surface area contributed by atoms with Crippen LogP contribution in [0.4, 0.5) is 0 Å². The average molecular weight is 283 g/mol. The quantitative estimate of drug-likeness (QED) is 0.865. The molecule has 0 saturated carbocycles. The molecule has 1 saturated heterocycles. The van der Waals surface area contributed by atoms with E-state index in [4.69, 9.17) is 4.74 Å². The molecule has 5 heteroatoms. The molecule has 108 valence electrons. The number of carbonyl (C=O) groups excluding carboxylic acids is 1. The van der Waals surface area contributed by atoms with E-state index in [0.717, 1.165) is 17.5 Å². The van der Waals surface area contributed by atoms with E-state index in [9.17, 15) is 4.79 Å². The molecule has 0 spiro atoms. The van der Waals surface area contributed by atoms with Crippen molar-refractivity contribution < 1.29 is 9.53 Å². The number of carbonyl (C=O) groups is 1. The van der Waals surface area contributed by atoms with Gasteiger partial charge in [0.05, 0.1) is 6.54 Å². The summed E-state index contributed by atoms with van der Waals surface area (Å²) in [5, 5.41) is 0. The van der Waals surface area contributed by atoms with Crippen molar-refractivity contribution in [2.75, 3.05) is 13.1 Å². The topological polar surface area (TPSA) is 55.3 Å². The van der Waals surface area contributed by atoms with Gasteiger partial charge in [0, 0.05) is 30.9 Å². The van der Waals surface area contributed by atoms with E-state index < -0.39 is 0 Å². The minimum Gasteiger partial charge on any atom is -0.458 e. The molecule has 0 aliphatic carbocycles. The highest BCUT2D eigenvalue weighted by atomic mass is 16.5. The highest BCUT2D eigenvalue weighted by Gasteiger charge is 2.28. The van der Waals surface area contributed by atoms with Crippen LogP contribution in [0, 0.1) is 6.92 Å². The molecule has 0 N–H and O–H groups in total. The Morgan fingerprint density at radius 3 is 2.67 bits per heavy atom. The molecule has 2 aromatic rings. The van der Waals surface area contributed by atoms with Crippen molar-refractivity contribution in [3.8, 4) is 6.01 Å². The lowest BCUT2D eigenvalue weighted by Crippen LogP contribution is -2.31. The van der Waals surface area contributed by atoms with Crippen LogP contribution in [-0.2, 0) is 0 Å². The van der Waals surface area contributed by atoms with Crippen molar-refractivity contribution in [1.82, 2.24) is 14.9 Å². The van der Waals surface area contributed by atoms with Gasteiger partial charge in [0.2, 0.25) is 0 Å². The molecule has 1 amide bonds. The molecule has 0 unspecified atom stereocenters. The lowest BCUT2D eigenvalue weighted by atomic mass is 10.1. The van der Waals surface area contributed by atoms with E-state index in [1.54, 1.807) is 18.5 Å². The summed E-state index contributed by atoms with van der Waals surface area (Å²) in [6, 6.07) is 9.75. The van der Waals surface area contributed by atoms with Crippen LogP contribution in [0.2, 0.25) is 0 Å². The SMILES string of the molecule is Cc1ccc(C(=O)N2CC[C@@H](Oc3ncccn3)C2)cc1. The van der Waals surface area contributed by atoms with Gasteiger partial charge in [0.25, 0.3) is 5.91 Å². The Morgan fingerprint density at radius 2 is 1.95 bits per heavy atom. The van der Waals surface area contributed by atoms with Crippen molar-refractivity contribution in [2.24, 2.45) is 0 Å². The van der Waals surface area contributed by atoms with Crippen LogP contribution in [0.1, 0.15) is 22.3 Å². The zero-order valence-corrected chi connectivity index (χ0v) is 11.9. The van der Waals surface area contributed by atoms with Crippen molar-refractivity contribution in [2.45, 2.75) is 19.4 Å². The van der Waals surface area contributed by atoms with Gasteiger partial charge in [-0.05, 0) is 25.1 Å². The van der Waals surface area contributed by atoms with Gasteiger partial charge in [-0.15, -0.1) is 0 Å². The fourth-order valence-electron chi connectivity index (χ4n) is 2.38. The molecule has 5 nitrogen and oxygen atoms in total. The maximum atomic E-state index is 12.4. The van der Waals surface area contributed by atoms with Crippen LogP contribution in [0.5, 0.6) is 6.01 Å². The first kappa shape index (κ1) is 13.5. The van der Waals surface area contributed by atoms with Gasteiger partial charge < -0.3 is 9.64 Å². The molecule has 0 radical (unpaired) electrons. The van der Waals surface area contributed by atoms with Crippen molar-refractivity contribution in [3.05, 3.63) is 53.9 Å². The van der Waals surface area contributed by atoms with Gasteiger partial charge in [-0.2, -0.15) is 0 Å². The zero-order chi connectivity index (χ0) is 14.7. The summed E-state index contributed by atoms with van der Waals surface area (Å²) in [6.45, 7) is 3.28. The maximum Gasteiger partial charge on any atom is 0.316 e. The first-order chi connectivity index (χ1) is 10.2. The van der Waals surface area contributed by atoms with Crippen LogP contribution >= 0.6 is 0 Å². The predicted molar refractivity (Wildman–Crippen MR) is 78.1 cm³/mol. The molecular weight excluding hydrogens is 266 g/mol. The molecule has 21 heavy (non-hydrogen) atoms. The number of ether oxygens (including phenoxy) is 1. The number of rotatable bonds is 3. The Bertz CT molecular complexity index is 613. The van der Waals surface area contributed by atoms with E-state index in [1.807, 2.05) is 36.1 Å². The fourth-order valence-corrected chi connectivity index (χ4v) is 2.38. The molecule has 3 rings (SSSR count). The minimum atomic E-state index is -0.0400. The lowest BCUT2D eigenvalue weighted by molar-refractivity contribution is 0.0769. The molecule has 2 heterocycles. The summed E-state index contributed by atoms with van der Waals surface area (Å²) < 4.78 is 5.69. The normalized spacial score (nSPS) is 17.8. The van der Waals surface area contributed by atoms with Gasteiger partial charge in [-0.25, -0.2) is 9.97 Å². The molecule has 1 aliphatic rings. The summed E-state index contributed by atoms with van der Waals surface area (Å²) in [5.41, 5.74) is 1.87. The first-order valence-corrected chi connectivity index (χ1v) is 7.02. The summed E-state index contributed by atoms with van der Waals surface area (Å²) in [7, 11) is 0. The number of likely N-dealkylation sites (tertiary alicyclic amines) is 1. The highest BCUT2D eigenvalue weighted by molar-refractivity contribution is 5.94. The standard InChI is InChI=1S/C16H17N3O2/c1-12-3-5-13(6-4-12)15(20)19-10-7-14(11-19)21-16-17-8-2-9-18-16/h2-6,8-9,14H,7,10-11H2,1H3/t14-/m1/s1. The van der Waals surface area contributed by atoms with E-state index in [0.29, 0.717) is 19.1 Å².